The number of nitrogens with two attached hydrogens (primary N) is 1. The summed E-state index contributed by atoms with van der Waals surface area (Å²) in [6.07, 6.45) is 1.40. The molecule has 0 fully saturated rings. The molecule has 5 nitrogen and oxygen atoms in total. The third-order valence-electron chi connectivity index (χ3n) is 2.45. The lowest BCUT2D eigenvalue weighted by molar-refractivity contribution is 0.102. The molecule has 0 saturated carbocycles. The highest BCUT2D eigenvalue weighted by molar-refractivity contribution is 7.14. The Morgan fingerprint density at radius 2 is 2.39 bits per heavy atom. The largest absolute Gasteiger partial charge is 0.467 e. The fraction of sp³-hybridized carbons (Fsp3) is 0.333. The topological polar surface area (TPSA) is 81.2 Å². The Bertz CT molecular complexity index is 545. The van der Waals surface area contributed by atoms with Crippen molar-refractivity contribution in [2.75, 3.05) is 5.32 Å². The van der Waals surface area contributed by atoms with Crippen LogP contribution in [-0.4, -0.2) is 10.9 Å². The smallest absolute Gasteiger partial charge is 0.260 e. The summed E-state index contributed by atoms with van der Waals surface area (Å²) in [6.45, 7) is 4.40. The van der Waals surface area contributed by atoms with Crippen LogP contribution in [0, 0.1) is 0 Å². The van der Waals surface area contributed by atoms with Gasteiger partial charge in [-0.25, -0.2) is 4.98 Å². The summed E-state index contributed by atoms with van der Waals surface area (Å²) in [4.78, 5) is 16.2. The maximum Gasteiger partial charge on any atom is 0.260 e. The van der Waals surface area contributed by atoms with Gasteiger partial charge in [-0.05, 0) is 12.0 Å². The Labute approximate surface area is 109 Å². The molecule has 0 aromatic carbocycles. The minimum Gasteiger partial charge on any atom is -0.467 e. The van der Waals surface area contributed by atoms with Gasteiger partial charge >= 0.3 is 0 Å². The first-order chi connectivity index (χ1) is 8.60. The summed E-state index contributed by atoms with van der Waals surface area (Å²) in [7, 11) is 0. The molecule has 0 spiro atoms. The average molecular weight is 265 g/mol. The zero-order valence-corrected chi connectivity index (χ0v) is 11.1. The fourth-order valence-electron chi connectivity index (χ4n) is 1.38. The van der Waals surface area contributed by atoms with Gasteiger partial charge in [0.15, 0.2) is 5.13 Å². The van der Waals surface area contributed by atoms with E-state index >= 15 is 0 Å². The van der Waals surface area contributed by atoms with Gasteiger partial charge in [0.2, 0.25) is 0 Å². The molecule has 2 aromatic heterocycles. The Balaban J connectivity index is 2.06. The molecule has 0 unspecified atom stereocenters. The molecule has 0 aliphatic carbocycles. The summed E-state index contributed by atoms with van der Waals surface area (Å²) < 4.78 is 5.11. The highest BCUT2D eigenvalue weighted by atomic mass is 32.1. The number of nitrogens with one attached hydrogen (secondary N) is 1. The van der Waals surface area contributed by atoms with Crippen molar-refractivity contribution in [1.29, 1.82) is 0 Å². The molecule has 18 heavy (non-hydrogen) atoms. The molecule has 0 saturated heterocycles. The van der Waals surface area contributed by atoms with Crippen LogP contribution in [0.3, 0.4) is 0 Å². The van der Waals surface area contributed by atoms with Crippen molar-refractivity contribution < 1.29 is 9.21 Å². The maximum absolute atomic E-state index is 11.9. The predicted molar refractivity (Wildman–Crippen MR) is 70.8 cm³/mol. The molecule has 2 rings (SSSR count). The van der Waals surface area contributed by atoms with Gasteiger partial charge in [0.05, 0.1) is 17.8 Å². The number of carbonyl (C=O) groups excluding carboxylic acids is 1. The number of aromatic nitrogens is 1. The van der Waals surface area contributed by atoms with Gasteiger partial charge in [-0.1, -0.05) is 13.8 Å². The number of nitrogens with zero attached hydrogens (tertiary/aromatic N) is 1. The number of rotatable bonds is 4. The van der Waals surface area contributed by atoms with E-state index in [0.717, 1.165) is 5.69 Å². The first-order valence-corrected chi connectivity index (χ1v) is 6.52. The summed E-state index contributed by atoms with van der Waals surface area (Å²) >= 11 is 1.42. The average Bonchev–Trinajstić information content (AvgIpc) is 2.96. The molecule has 0 radical (unpaired) electrons. The summed E-state index contributed by atoms with van der Waals surface area (Å²) in [5, 5.41) is 5.28. The lowest BCUT2D eigenvalue weighted by Crippen LogP contribution is -2.10. The highest BCUT2D eigenvalue weighted by Crippen LogP contribution is 2.22. The van der Waals surface area contributed by atoms with Crippen molar-refractivity contribution in [2.24, 2.45) is 5.73 Å². The zero-order valence-electron chi connectivity index (χ0n) is 10.3. The van der Waals surface area contributed by atoms with Gasteiger partial charge in [0.25, 0.3) is 5.91 Å². The van der Waals surface area contributed by atoms with Crippen molar-refractivity contribution in [3.8, 4) is 0 Å². The third-order valence-corrected chi connectivity index (χ3v) is 3.23. The molecule has 2 aromatic rings. The Morgan fingerprint density at radius 1 is 1.61 bits per heavy atom. The van der Waals surface area contributed by atoms with Crippen molar-refractivity contribution in [2.45, 2.75) is 26.3 Å². The molecule has 0 aliphatic heterocycles. The quantitative estimate of drug-likeness (QED) is 0.890. The molecule has 0 aliphatic rings. The van der Waals surface area contributed by atoms with Gasteiger partial charge in [-0.3, -0.25) is 10.1 Å². The van der Waals surface area contributed by atoms with Crippen molar-refractivity contribution in [1.82, 2.24) is 4.98 Å². The van der Waals surface area contributed by atoms with Gasteiger partial charge in [0.1, 0.15) is 12.0 Å². The van der Waals surface area contributed by atoms with Crippen LogP contribution in [-0.2, 0) is 6.54 Å². The van der Waals surface area contributed by atoms with E-state index < -0.39 is 0 Å². The number of amides is 1. The Kier molecular flexibility index (Phi) is 3.78. The van der Waals surface area contributed by atoms with E-state index in [1.165, 1.54) is 17.6 Å². The van der Waals surface area contributed by atoms with E-state index in [1.54, 1.807) is 6.07 Å². The van der Waals surface area contributed by atoms with E-state index in [1.807, 2.05) is 5.38 Å². The summed E-state index contributed by atoms with van der Waals surface area (Å²) in [5.41, 5.74) is 6.85. The number of hydrogen-bond acceptors (Lipinski definition) is 5. The molecular formula is C12H15N3O2S. The van der Waals surface area contributed by atoms with Crippen LogP contribution in [0.1, 0.15) is 41.6 Å². The molecule has 6 heteroatoms. The van der Waals surface area contributed by atoms with E-state index in [-0.39, 0.29) is 12.5 Å². The molecule has 1 amide bonds. The molecule has 2 heterocycles. The van der Waals surface area contributed by atoms with Gasteiger partial charge in [-0.2, -0.15) is 0 Å². The lowest BCUT2D eigenvalue weighted by atomic mass is 10.2. The van der Waals surface area contributed by atoms with Crippen molar-refractivity contribution >= 4 is 22.4 Å². The summed E-state index contributed by atoms with van der Waals surface area (Å²) in [6, 6.07) is 1.63. The van der Waals surface area contributed by atoms with Crippen LogP contribution < -0.4 is 11.1 Å². The second-order valence-electron chi connectivity index (χ2n) is 4.19. The minimum absolute atomic E-state index is 0.233. The number of furan rings is 1. The Morgan fingerprint density at radius 3 is 2.94 bits per heavy atom. The van der Waals surface area contributed by atoms with E-state index in [0.29, 0.717) is 22.4 Å². The molecule has 0 bridgehead atoms. The fourth-order valence-corrected chi connectivity index (χ4v) is 2.25. The molecule has 96 valence electrons. The van der Waals surface area contributed by atoms with Gasteiger partial charge < -0.3 is 10.2 Å². The SMILES string of the molecule is CC(C)c1csc(NC(=O)c2coc(CN)c2)n1. The molecule has 3 N–H and O–H groups in total. The third kappa shape index (κ3) is 2.77. The minimum atomic E-state index is -0.233. The summed E-state index contributed by atoms with van der Waals surface area (Å²) in [5.74, 6) is 0.704. The van der Waals surface area contributed by atoms with Crippen LogP contribution in [0.5, 0.6) is 0 Å². The number of hydrogen-bond donors (Lipinski definition) is 2. The first-order valence-electron chi connectivity index (χ1n) is 5.64. The van der Waals surface area contributed by atoms with Gasteiger partial charge in [0, 0.05) is 5.38 Å². The number of anilines is 1. The lowest BCUT2D eigenvalue weighted by Gasteiger charge is -1.99. The maximum atomic E-state index is 11.9. The van der Waals surface area contributed by atoms with Crippen LogP contribution >= 0.6 is 11.3 Å². The van der Waals surface area contributed by atoms with E-state index in [9.17, 15) is 4.79 Å². The van der Waals surface area contributed by atoms with Crippen LogP contribution in [0.15, 0.2) is 22.1 Å². The molecular weight excluding hydrogens is 250 g/mol. The monoisotopic (exact) mass is 265 g/mol. The molecule has 0 atom stereocenters. The predicted octanol–water partition coefficient (Wildman–Crippen LogP) is 2.57. The normalized spacial score (nSPS) is 10.9. The second-order valence-corrected chi connectivity index (χ2v) is 5.05. The second kappa shape index (κ2) is 5.32. The van der Waals surface area contributed by atoms with Crippen LogP contribution in [0.4, 0.5) is 5.13 Å². The zero-order chi connectivity index (χ0) is 13.1. The van der Waals surface area contributed by atoms with E-state index in [2.05, 4.69) is 24.1 Å². The van der Waals surface area contributed by atoms with Gasteiger partial charge in [-0.15, -0.1) is 11.3 Å². The van der Waals surface area contributed by atoms with Crippen LogP contribution in [0.25, 0.3) is 0 Å². The number of carbonyl (C=O) groups is 1. The first kappa shape index (κ1) is 12.8. The Hall–Kier alpha value is -1.66. The standard InChI is InChI=1S/C12H15N3O2S/c1-7(2)10-6-18-12(14-10)15-11(16)8-3-9(4-13)17-5-8/h3,5-7H,4,13H2,1-2H3,(H,14,15,16). The highest BCUT2D eigenvalue weighted by Gasteiger charge is 2.12. The van der Waals surface area contributed by atoms with Crippen LogP contribution in [0.2, 0.25) is 0 Å². The van der Waals surface area contributed by atoms with Crippen molar-refractivity contribution in [3.63, 3.8) is 0 Å². The van der Waals surface area contributed by atoms with E-state index in [4.69, 9.17) is 10.2 Å². The number of thiazole rings is 1. The van der Waals surface area contributed by atoms with Crippen molar-refractivity contribution in [3.05, 3.63) is 34.7 Å².